The van der Waals surface area contributed by atoms with Crippen LogP contribution in [0.4, 0.5) is 0 Å². The van der Waals surface area contributed by atoms with Crippen LogP contribution in [0.15, 0.2) is 47.4 Å². The Balaban J connectivity index is 2.11. The lowest BCUT2D eigenvalue weighted by Crippen LogP contribution is -2.27. The second-order valence-corrected chi connectivity index (χ2v) is 4.41. The summed E-state index contributed by atoms with van der Waals surface area (Å²) in [6.07, 6.45) is 1.45. The molecule has 0 unspecified atom stereocenters. The Morgan fingerprint density at radius 2 is 2.00 bits per heavy atom. The third-order valence-electron chi connectivity index (χ3n) is 2.87. The Morgan fingerprint density at radius 1 is 1.30 bits per heavy atom. The first-order valence-electron chi connectivity index (χ1n) is 6.03. The van der Waals surface area contributed by atoms with Gasteiger partial charge < -0.3 is 9.88 Å². The highest BCUT2D eigenvalue weighted by Crippen LogP contribution is 2.08. The van der Waals surface area contributed by atoms with Gasteiger partial charge in [-0.15, -0.1) is 0 Å². The van der Waals surface area contributed by atoms with Gasteiger partial charge in [0.1, 0.15) is 0 Å². The Bertz CT molecular complexity index is 711. The van der Waals surface area contributed by atoms with Crippen molar-refractivity contribution in [2.24, 2.45) is 0 Å². The molecule has 1 N–H and O–H groups in total. The third-order valence-corrected chi connectivity index (χ3v) is 2.87. The van der Waals surface area contributed by atoms with Crippen LogP contribution in [-0.2, 0) is 6.54 Å². The van der Waals surface area contributed by atoms with Crippen LogP contribution in [0.5, 0.6) is 0 Å². The number of benzene rings is 1. The number of carbonyl (C=O) groups excluding carboxylic acids is 1. The number of hydrogen-bond donors (Lipinski definition) is 1. The highest BCUT2D eigenvalue weighted by atomic mass is 16.2. The monoisotopic (exact) mass is 267 g/mol. The molecule has 0 saturated heterocycles. The third kappa shape index (κ3) is 3.12. The van der Waals surface area contributed by atoms with E-state index in [-0.39, 0.29) is 11.5 Å². The first-order valence-corrected chi connectivity index (χ1v) is 6.03. The number of carbonyl (C=O) groups is 1. The number of nitrogens with one attached hydrogen (secondary N) is 1. The summed E-state index contributed by atoms with van der Waals surface area (Å²) in [4.78, 5) is 27.3. The molecule has 0 fully saturated rings. The minimum atomic E-state index is -0.303. The van der Waals surface area contributed by atoms with Crippen LogP contribution in [-0.4, -0.2) is 22.8 Å². The van der Waals surface area contributed by atoms with Gasteiger partial charge in [-0.3, -0.25) is 9.59 Å². The quantitative estimate of drug-likeness (QED) is 0.915. The Morgan fingerprint density at radius 3 is 2.60 bits per heavy atom. The first kappa shape index (κ1) is 13.6. The fourth-order valence-corrected chi connectivity index (χ4v) is 1.83. The van der Waals surface area contributed by atoms with Crippen LogP contribution >= 0.6 is 0 Å². The van der Waals surface area contributed by atoms with Crippen molar-refractivity contribution in [2.45, 2.75) is 6.54 Å². The molecule has 2 aromatic rings. The van der Waals surface area contributed by atoms with Gasteiger partial charge in [-0.2, -0.15) is 5.26 Å². The van der Waals surface area contributed by atoms with Gasteiger partial charge in [0.25, 0.3) is 5.91 Å². The normalized spacial score (nSPS) is 9.80. The molecule has 0 aliphatic rings. The molecule has 0 saturated carbocycles. The lowest BCUT2D eigenvalue weighted by atomic mass is 10.1. The maximum Gasteiger partial charge on any atom is 0.254 e. The molecule has 0 aliphatic carbocycles. The average Bonchev–Trinajstić information content (AvgIpc) is 2.47. The lowest BCUT2D eigenvalue weighted by molar-refractivity contribution is 0.0785. The molecule has 0 radical (unpaired) electrons. The zero-order chi connectivity index (χ0) is 14.5. The van der Waals surface area contributed by atoms with E-state index in [1.54, 1.807) is 37.4 Å². The minimum Gasteiger partial charge on any atom is -0.337 e. The summed E-state index contributed by atoms with van der Waals surface area (Å²) in [5.41, 5.74) is 1.55. The van der Waals surface area contributed by atoms with E-state index in [1.807, 2.05) is 6.07 Å². The van der Waals surface area contributed by atoms with Crippen molar-refractivity contribution in [3.63, 3.8) is 0 Å². The van der Waals surface area contributed by atoms with Gasteiger partial charge in [-0.25, -0.2) is 0 Å². The van der Waals surface area contributed by atoms with Crippen LogP contribution in [0, 0.1) is 11.3 Å². The van der Waals surface area contributed by atoms with Crippen LogP contribution in [0.1, 0.15) is 21.5 Å². The number of pyridine rings is 1. The molecule has 0 aliphatic heterocycles. The molecular formula is C15H13N3O2. The summed E-state index contributed by atoms with van der Waals surface area (Å²) in [6.45, 7) is 0.414. The smallest absolute Gasteiger partial charge is 0.254 e. The van der Waals surface area contributed by atoms with Crippen LogP contribution in [0.2, 0.25) is 0 Å². The molecular weight excluding hydrogens is 254 g/mol. The fourth-order valence-electron chi connectivity index (χ4n) is 1.83. The van der Waals surface area contributed by atoms with Crippen LogP contribution in [0.3, 0.4) is 0 Å². The van der Waals surface area contributed by atoms with E-state index in [0.717, 1.165) is 5.56 Å². The highest BCUT2D eigenvalue weighted by Gasteiger charge is 2.12. The molecule has 1 amide bonds. The molecule has 0 bridgehead atoms. The number of aromatic amines is 1. The second-order valence-electron chi connectivity index (χ2n) is 4.41. The maximum atomic E-state index is 12.1. The molecule has 0 atom stereocenters. The summed E-state index contributed by atoms with van der Waals surface area (Å²) in [5.74, 6) is -0.222. The fraction of sp³-hybridized carbons (Fsp3) is 0.133. The second kappa shape index (κ2) is 5.85. The SMILES string of the molecule is CN(Cc1ccc(C#N)cc1)C(=O)c1cc[nH]c(=O)c1. The van der Waals surface area contributed by atoms with E-state index < -0.39 is 0 Å². The number of H-pyrrole nitrogens is 1. The molecule has 1 aromatic carbocycles. The minimum absolute atomic E-state index is 0.222. The van der Waals surface area contributed by atoms with Gasteiger partial charge in [-0.1, -0.05) is 12.1 Å². The molecule has 0 spiro atoms. The van der Waals surface area contributed by atoms with Gasteiger partial charge in [0.2, 0.25) is 5.56 Å². The number of hydrogen-bond acceptors (Lipinski definition) is 3. The molecule has 5 heteroatoms. The predicted molar refractivity (Wildman–Crippen MR) is 74.0 cm³/mol. The summed E-state index contributed by atoms with van der Waals surface area (Å²) >= 11 is 0. The van der Waals surface area contributed by atoms with Gasteiger partial charge in [0, 0.05) is 31.4 Å². The van der Waals surface area contributed by atoms with E-state index >= 15 is 0 Å². The van der Waals surface area contributed by atoms with E-state index in [0.29, 0.717) is 17.7 Å². The molecule has 2 rings (SSSR count). The van der Waals surface area contributed by atoms with Crippen LogP contribution < -0.4 is 5.56 Å². The van der Waals surface area contributed by atoms with Crippen molar-refractivity contribution in [3.8, 4) is 6.07 Å². The Labute approximate surface area is 116 Å². The Kier molecular flexibility index (Phi) is 3.96. The van der Waals surface area contributed by atoms with E-state index in [1.165, 1.54) is 17.2 Å². The first-order chi connectivity index (χ1) is 9.60. The van der Waals surface area contributed by atoms with Gasteiger partial charge in [0.05, 0.1) is 11.6 Å². The summed E-state index contributed by atoms with van der Waals surface area (Å²) in [7, 11) is 1.67. The molecule has 1 aromatic heterocycles. The van der Waals surface area contributed by atoms with Gasteiger partial charge in [-0.05, 0) is 23.8 Å². The number of amides is 1. The predicted octanol–water partition coefficient (Wildman–Crippen LogP) is 1.52. The molecule has 1 heterocycles. The van der Waals surface area contributed by atoms with Crippen molar-refractivity contribution in [1.82, 2.24) is 9.88 Å². The van der Waals surface area contributed by atoms with Crippen LogP contribution in [0.25, 0.3) is 0 Å². The summed E-state index contributed by atoms with van der Waals surface area (Å²) < 4.78 is 0. The molecule has 20 heavy (non-hydrogen) atoms. The number of rotatable bonds is 3. The lowest BCUT2D eigenvalue weighted by Gasteiger charge is -2.17. The average molecular weight is 267 g/mol. The summed E-state index contributed by atoms with van der Waals surface area (Å²) in [5, 5.41) is 8.73. The van der Waals surface area contributed by atoms with E-state index in [9.17, 15) is 9.59 Å². The van der Waals surface area contributed by atoms with E-state index in [2.05, 4.69) is 4.98 Å². The van der Waals surface area contributed by atoms with E-state index in [4.69, 9.17) is 5.26 Å². The van der Waals surface area contributed by atoms with Crippen molar-refractivity contribution in [2.75, 3.05) is 7.05 Å². The van der Waals surface area contributed by atoms with Crippen molar-refractivity contribution < 1.29 is 4.79 Å². The zero-order valence-electron chi connectivity index (χ0n) is 11.0. The maximum absolute atomic E-state index is 12.1. The largest absolute Gasteiger partial charge is 0.337 e. The van der Waals surface area contributed by atoms with Gasteiger partial charge >= 0.3 is 0 Å². The standard InChI is InChI=1S/C15H13N3O2/c1-18(10-12-4-2-11(9-16)3-5-12)15(20)13-6-7-17-14(19)8-13/h2-8H,10H2,1H3,(H,17,19). The molecule has 100 valence electrons. The van der Waals surface area contributed by atoms with Crippen molar-refractivity contribution >= 4 is 5.91 Å². The topological polar surface area (TPSA) is 77.0 Å². The highest BCUT2D eigenvalue weighted by molar-refractivity contribution is 5.93. The number of aromatic nitrogens is 1. The number of nitrogens with zero attached hydrogens (tertiary/aromatic N) is 2. The van der Waals surface area contributed by atoms with Crippen molar-refractivity contribution in [1.29, 1.82) is 5.26 Å². The van der Waals surface area contributed by atoms with Gasteiger partial charge in [0.15, 0.2) is 0 Å². The van der Waals surface area contributed by atoms with Crippen molar-refractivity contribution in [3.05, 3.63) is 69.6 Å². The molecule has 5 nitrogen and oxygen atoms in total. The summed E-state index contributed by atoms with van der Waals surface area (Å²) in [6, 6.07) is 11.9. The number of nitriles is 1. The zero-order valence-corrected chi connectivity index (χ0v) is 11.0. The Hall–Kier alpha value is -2.87.